The van der Waals surface area contributed by atoms with Gasteiger partial charge in [-0.2, -0.15) is 0 Å². The zero-order valence-electron chi connectivity index (χ0n) is 11.1. The number of anilines is 1. The van der Waals surface area contributed by atoms with Crippen molar-refractivity contribution in [3.8, 4) is 0 Å². The van der Waals surface area contributed by atoms with Gasteiger partial charge in [0.15, 0.2) is 0 Å². The van der Waals surface area contributed by atoms with Crippen molar-refractivity contribution in [1.82, 2.24) is 9.97 Å². The molecule has 1 saturated carbocycles. The average molecular weight is 263 g/mol. The molecule has 5 heteroatoms. The van der Waals surface area contributed by atoms with Crippen molar-refractivity contribution in [3.63, 3.8) is 0 Å². The van der Waals surface area contributed by atoms with Gasteiger partial charge in [0.1, 0.15) is 12.1 Å². The number of hydrogen-bond donors (Lipinski definition) is 2. The maximum atomic E-state index is 9.51. The smallest absolute Gasteiger partial charge is 0.129 e. The molecule has 0 spiro atoms. The van der Waals surface area contributed by atoms with Crippen molar-refractivity contribution in [1.29, 1.82) is 0 Å². The quantitative estimate of drug-likeness (QED) is 0.868. The highest BCUT2D eigenvalue weighted by Crippen LogP contribution is 2.26. The molecule has 5 nitrogen and oxygen atoms in total. The second kappa shape index (κ2) is 5.84. The van der Waals surface area contributed by atoms with Crippen molar-refractivity contribution in [2.45, 2.75) is 50.2 Å². The third kappa shape index (κ3) is 3.22. The van der Waals surface area contributed by atoms with Crippen LogP contribution in [-0.2, 0) is 4.74 Å². The zero-order chi connectivity index (χ0) is 13.1. The first kappa shape index (κ1) is 12.8. The molecule has 1 unspecified atom stereocenters. The van der Waals surface area contributed by atoms with Crippen LogP contribution in [-0.4, -0.2) is 40.4 Å². The van der Waals surface area contributed by atoms with Gasteiger partial charge in [0.05, 0.1) is 18.4 Å². The number of nitrogens with zero attached hydrogens (tertiary/aromatic N) is 2. The molecule has 2 N–H and O–H groups in total. The van der Waals surface area contributed by atoms with E-state index < -0.39 is 0 Å². The van der Waals surface area contributed by atoms with Gasteiger partial charge in [0, 0.05) is 24.6 Å². The Balaban J connectivity index is 1.62. The van der Waals surface area contributed by atoms with Crippen LogP contribution in [0.1, 0.15) is 43.7 Å². The maximum Gasteiger partial charge on any atom is 0.129 e. The van der Waals surface area contributed by atoms with Crippen LogP contribution in [0.2, 0.25) is 0 Å². The number of ether oxygens (including phenoxy) is 1. The molecule has 1 saturated heterocycles. The Morgan fingerprint density at radius 1 is 1.16 bits per heavy atom. The molecule has 1 aromatic rings. The first-order valence-corrected chi connectivity index (χ1v) is 7.15. The molecule has 2 fully saturated rings. The summed E-state index contributed by atoms with van der Waals surface area (Å²) in [4.78, 5) is 8.65. The number of rotatable bonds is 3. The topological polar surface area (TPSA) is 67.3 Å². The van der Waals surface area contributed by atoms with Gasteiger partial charge in [-0.1, -0.05) is 0 Å². The highest BCUT2D eigenvalue weighted by atomic mass is 16.5. The summed E-state index contributed by atoms with van der Waals surface area (Å²) in [6.45, 7) is 1.60. The Morgan fingerprint density at radius 3 is 2.74 bits per heavy atom. The van der Waals surface area contributed by atoms with Crippen LogP contribution in [0.25, 0.3) is 0 Å². The van der Waals surface area contributed by atoms with Crippen molar-refractivity contribution >= 4 is 5.82 Å². The first-order chi connectivity index (χ1) is 9.31. The van der Waals surface area contributed by atoms with Gasteiger partial charge in [0.2, 0.25) is 0 Å². The van der Waals surface area contributed by atoms with Gasteiger partial charge >= 0.3 is 0 Å². The van der Waals surface area contributed by atoms with Gasteiger partial charge in [-0.25, -0.2) is 9.97 Å². The molecule has 104 valence electrons. The highest BCUT2D eigenvalue weighted by Gasteiger charge is 2.22. The fourth-order valence-corrected chi connectivity index (χ4v) is 2.87. The van der Waals surface area contributed by atoms with E-state index in [4.69, 9.17) is 4.74 Å². The summed E-state index contributed by atoms with van der Waals surface area (Å²) in [6, 6.07) is 2.47. The molecule has 1 aliphatic heterocycles. The van der Waals surface area contributed by atoms with Gasteiger partial charge in [-0.15, -0.1) is 0 Å². The lowest BCUT2D eigenvalue weighted by Gasteiger charge is -2.26. The van der Waals surface area contributed by atoms with E-state index in [1.807, 2.05) is 6.07 Å². The molecule has 2 heterocycles. The minimum atomic E-state index is -0.116. The Bertz CT molecular complexity index is 413. The van der Waals surface area contributed by atoms with Crippen molar-refractivity contribution in [2.75, 3.05) is 18.5 Å². The Morgan fingerprint density at radius 2 is 2.00 bits per heavy atom. The monoisotopic (exact) mass is 263 g/mol. The van der Waals surface area contributed by atoms with Gasteiger partial charge in [0.25, 0.3) is 0 Å². The normalized spacial score (nSPS) is 31.3. The summed E-state index contributed by atoms with van der Waals surface area (Å²) in [7, 11) is 0. The molecule has 3 rings (SSSR count). The van der Waals surface area contributed by atoms with Gasteiger partial charge in [-0.3, -0.25) is 0 Å². The van der Waals surface area contributed by atoms with Gasteiger partial charge in [-0.05, 0) is 32.1 Å². The lowest BCUT2D eigenvalue weighted by atomic mass is 9.93. The van der Waals surface area contributed by atoms with E-state index in [0.717, 1.165) is 56.8 Å². The largest absolute Gasteiger partial charge is 0.393 e. The lowest BCUT2D eigenvalue weighted by Crippen LogP contribution is -2.28. The van der Waals surface area contributed by atoms with E-state index in [9.17, 15) is 5.11 Å². The van der Waals surface area contributed by atoms with E-state index in [1.165, 1.54) is 0 Å². The summed E-state index contributed by atoms with van der Waals surface area (Å²) in [5.41, 5.74) is 1.07. The Hall–Kier alpha value is -1.20. The summed E-state index contributed by atoms with van der Waals surface area (Å²) in [5.74, 6) is 1.31. The molecule has 1 aliphatic carbocycles. The SMILES string of the molecule is OC1CCC(Nc2cc(C3CCOC3)ncn2)CC1. The third-order valence-corrected chi connectivity index (χ3v) is 4.08. The molecule has 2 aliphatic rings. The minimum Gasteiger partial charge on any atom is -0.393 e. The van der Waals surface area contributed by atoms with Crippen molar-refractivity contribution < 1.29 is 9.84 Å². The lowest BCUT2D eigenvalue weighted by molar-refractivity contribution is 0.126. The number of nitrogens with one attached hydrogen (secondary N) is 1. The number of aromatic nitrogens is 2. The molecule has 0 aromatic carbocycles. The van der Waals surface area contributed by atoms with E-state index in [1.54, 1.807) is 6.33 Å². The fourth-order valence-electron chi connectivity index (χ4n) is 2.87. The van der Waals surface area contributed by atoms with Gasteiger partial charge < -0.3 is 15.2 Å². The predicted molar refractivity (Wildman–Crippen MR) is 72.1 cm³/mol. The highest BCUT2D eigenvalue weighted by molar-refractivity contribution is 5.37. The Kier molecular flexibility index (Phi) is 3.94. The Labute approximate surface area is 113 Å². The fraction of sp³-hybridized carbons (Fsp3) is 0.714. The molecule has 0 amide bonds. The van der Waals surface area contributed by atoms with E-state index in [2.05, 4.69) is 15.3 Å². The summed E-state index contributed by atoms with van der Waals surface area (Å²) >= 11 is 0. The maximum absolute atomic E-state index is 9.51. The van der Waals surface area contributed by atoms with Crippen LogP contribution >= 0.6 is 0 Å². The van der Waals surface area contributed by atoms with Crippen molar-refractivity contribution in [2.24, 2.45) is 0 Å². The molecular formula is C14H21N3O2. The number of aliphatic hydroxyl groups excluding tert-OH is 1. The molecule has 1 aromatic heterocycles. The average Bonchev–Trinajstić information content (AvgIpc) is 2.96. The third-order valence-electron chi connectivity index (χ3n) is 4.08. The second-order valence-electron chi connectivity index (χ2n) is 5.54. The van der Waals surface area contributed by atoms with E-state index in [-0.39, 0.29) is 6.10 Å². The summed E-state index contributed by atoms with van der Waals surface area (Å²) in [6.07, 6.45) is 6.34. The standard InChI is InChI=1S/C14H21N3O2/c18-12-3-1-11(2-4-12)17-14-7-13(15-9-16-14)10-5-6-19-8-10/h7,9-12,18H,1-6,8H2,(H,15,16,17). The van der Waals surface area contributed by atoms with Crippen LogP contribution < -0.4 is 5.32 Å². The van der Waals surface area contributed by atoms with Crippen LogP contribution in [0.4, 0.5) is 5.82 Å². The second-order valence-corrected chi connectivity index (χ2v) is 5.54. The molecular weight excluding hydrogens is 242 g/mol. The number of hydrogen-bond acceptors (Lipinski definition) is 5. The molecule has 1 atom stereocenters. The minimum absolute atomic E-state index is 0.116. The van der Waals surface area contributed by atoms with E-state index in [0.29, 0.717) is 12.0 Å². The summed E-state index contributed by atoms with van der Waals surface area (Å²) in [5, 5.41) is 13.0. The summed E-state index contributed by atoms with van der Waals surface area (Å²) < 4.78 is 5.40. The van der Waals surface area contributed by atoms with E-state index >= 15 is 0 Å². The van der Waals surface area contributed by atoms with Crippen LogP contribution in [0.3, 0.4) is 0 Å². The molecule has 19 heavy (non-hydrogen) atoms. The molecule has 0 radical (unpaired) electrons. The predicted octanol–water partition coefficient (Wildman–Crippen LogP) is 1.70. The first-order valence-electron chi connectivity index (χ1n) is 7.15. The number of aliphatic hydroxyl groups is 1. The molecule has 0 bridgehead atoms. The van der Waals surface area contributed by atoms with Crippen LogP contribution in [0.5, 0.6) is 0 Å². The van der Waals surface area contributed by atoms with Crippen molar-refractivity contribution in [3.05, 3.63) is 18.1 Å². The van der Waals surface area contributed by atoms with Crippen LogP contribution in [0, 0.1) is 0 Å². The zero-order valence-corrected chi connectivity index (χ0v) is 11.1. The van der Waals surface area contributed by atoms with Crippen LogP contribution in [0.15, 0.2) is 12.4 Å².